The van der Waals surface area contributed by atoms with Gasteiger partial charge in [0.2, 0.25) is 5.88 Å². The molecule has 0 bridgehead atoms. The highest BCUT2D eigenvalue weighted by molar-refractivity contribution is 7.99. The lowest BCUT2D eigenvalue weighted by atomic mass is 10.2. The number of rotatable bonds is 7. The molecule has 4 nitrogen and oxygen atoms in total. The van der Waals surface area contributed by atoms with Crippen LogP contribution in [0.3, 0.4) is 0 Å². The number of thioether (sulfide) groups is 1. The van der Waals surface area contributed by atoms with Gasteiger partial charge >= 0.3 is 0 Å². The molecule has 0 aliphatic heterocycles. The highest BCUT2D eigenvalue weighted by atomic mass is 32.2. The Morgan fingerprint density at radius 1 is 1.53 bits per heavy atom. The summed E-state index contributed by atoms with van der Waals surface area (Å²) in [6, 6.07) is 3.93. The lowest BCUT2D eigenvalue weighted by molar-refractivity contribution is 0.398. The monoisotopic (exact) mass is 255 g/mol. The van der Waals surface area contributed by atoms with Crippen molar-refractivity contribution in [2.75, 3.05) is 29.7 Å². The largest absolute Gasteiger partial charge is 0.481 e. The number of nitrogens with two attached hydrogens (primary N) is 1. The number of nitrogen functional groups attached to an aromatic ring is 1. The standard InChI is InChI=1S/C12H21N3OS/c1-4-17-8-7-9(2)14-12-10(13)5-6-11(15-12)16-3/h5-6,9H,4,7-8,13H2,1-3H3,(H,14,15). The van der Waals surface area contributed by atoms with E-state index in [9.17, 15) is 0 Å². The second kappa shape index (κ2) is 7.27. The summed E-state index contributed by atoms with van der Waals surface area (Å²) >= 11 is 1.94. The first kappa shape index (κ1) is 14.0. The van der Waals surface area contributed by atoms with E-state index in [0.717, 1.165) is 17.9 Å². The number of hydrogen-bond donors (Lipinski definition) is 2. The van der Waals surface area contributed by atoms with Crippen molar-refractivity contribution in [1.82, 2.24) is 4.98 Å². The Bertz CT molecular complexity index is 347. The molecule has 1 aromatic heterocycles. The van der Waals surface area contributed by atoms with Crippen LogP contribution in [0.1, 0.15) is 20.3 Å². The van der Waals surface area contributed by atoms with E-state index >= 15 is 0 Å². The van der Waals surface area contributed by atoms with Gasteiger partial charge < -0.3 is 15.8 Å². The zero-order valence-corrected chi connectivity index (χ0v) is 11.5. The highest BCUT2D eigenvalue weighted by Gasteiger charge is 2.07. The second-order valence-electron chi connectivity index (χ2n) is 3.82. The zero-order chi connectivity index (χ0) is 12.7. The maximum absolute atomic E-state index is 5.86. The van der Waals surface area contributed by atoms with E-state index in [1.165, 1.54) is 0 Å². The number of anilines is 2. The summed E-state index contributed by atoms with van der Waals surface area (Å²) in [5, 5.41) is 3.31. The van der Waals surface area contributed by atoms with E-state index < -0.39 is 0 Å². The first-order valence-corrected chi connectivity index (χ1v) is 6.97. The fourth-order valence-electron chi connectivity index (χ4n) is 1.39. The molecule has 1 atom stereocenters. The number of ether oxygens (including phenoxy) is 1. The van der Waals surface area contributed by atoms with Crippen LogP contribution in [0.25, 0.3) is 0 Å². The average Bonchev–Trinajstić information content (AvgIpc) is 2.32. The first-order valence-electron chi connectivity index (χ1n) is 5.82. The van der Waals surface area contributed by atoms with E-state index in [0.29, 0.717) is 23.4 Å². The number of methoxy groups -OCH3 is 1. The number of pyridine rings is 1. The zero-order valence-electron chi connectivity index (χ0n) is 10.7. The van der Waals surface area contributed by atoms with Crippen molar-refractivity contribution in [3.05, 3.63) is 12.1 Å². The normalized spacial score (nSPS) is 12.2. The molecule has 1 rings (SSSR count). The van der Waals surface area contributed by atoms with Crippen LogP contribution < -0.4 is 15.8 Å². The molecule has 0 aromatic carbocycles. The molecule has 3 N–H and O–H groups in total. The fraction of sp³-hybridized carbons (Fsp3) is 0.583. The molecule has 0 fully saturated rings. The van der Waals surface area contributed by atoms with Crippen LogP contribution in [0.4, 0.5) is 11.5 Å². The summed E-state index contributed by atoms with van der Waals surface area (Å²) in [5.74, 6) is 3.59. The highest BCUT2D eigenvalue weighted by Crippen LogP contribution is 2.21. The van der Waals surface area contributed by atoms with Gasteiger partial charge in [0.15, 0.2) is 5.82 Å². The Morgan fingerprint density at radius 2 is 2.29 bits per heavy atom. The molecule has 5 heteroatoms. The minimum Gasteiger partial charge on any atom is -0.481 e. The predicted molar refractivity (Wildman–Crippen MR) is 75.9 cm³/mol. The molecule has 0 spiro atoms. The van der Waals surface area contributed by atoms with Crippen molar-refractivity contribution in [1.29, 1.82) is 0 Å². The van der Waals surface area contributed by atoms with E-state index in [-0.39, 0.29) is 0 Å². The van der Waals surface area contributed by atoms with E-state index in [4.69, 9.17) is 10.5 Å². The van der Waals surface area contributed by atoms with E-state index in [1.807, 2.05) is 17.8 Å². The maximum Gasteiger partial charge on any atom is 0.215 e. The molecule has 17 heavy (non-hydrogen) atoms. The molecule has 0 saturated carbocycles. The predicted octanol–water partition coefficient (Wildman–Crippen LogP) is 2.62. The molecule has 1 heterocycles. The van der Waals surface area contributed by atoms with Crippen LogP contribution in [0, 0.1) is 0 Å². The maximum atomic E-state index is 5.86. The van der Waals surface area contributed by atoms with Crippen LogP contribution in [-0.2, 0) is 0 Å². The van der Waals surface area contributed by atoms with Gasteiger partial charge in [-0.1, -0.05) is 6.92 Å². The minimum atomic E-state index is 0.357. The van der Waals surface area contributed by atoms with Gasteiger partial charge in [-0.15, -0.1) is 0 Å². The molecular weight excluding hydrogens is 234 g/mol. The van der Waals surface area contributed by atoms with Crippen molar-refractivity contribution in [3.8, 4) is 5.88 Å². The number of nitrogens with one attached hydrogen (secondary N) is 1. The molecule has 1 unspecified atom stereocenters. The van der Waals surface area contributed by atoms with Crippen molar-refractivity contribution in [3.63, 3.8) is 0 Å². The summed E-state index contributed by atoms with van der Waals surface area (Å²) in [5.41, 5.74) is 6.52. The van der Waals surface area contributed by atoms with Gasteiger partial charge in [0, 0.05) is 12.1 Å². The smallest absolute Gasteiger partial charge is 0.215 e. The third-order valence-corrected chi connectivity index (χ3v) is 3.33. The average molecular weight is 255 g/mol. The number of nitrogens with zero attached hydrogens (tertiary/aromatic N) is 1. The molecular formula is C12H21N3OS. The van der Waals surface area contributed by atoms with Gasteiger partial charge in [-0.25, -0.2) is 0 Å². The lowest BCUT2D eigenvalue weighted by Gasteiger charge is -2.16. The van der Waals surface area contributed by atoms with Crippen LogP contribution in [-0.4, -0.2) is 29.6 Å². The SMILES string of the molecule is CCSCCC(C)Nc1nc(OC)ccc1N. The summed E-state index contributed by atoms with van der Waals surface area (Å²) < 4.78 is 5.08. The molecule has 0 aliphatic rings. The first-order chi connectivity index (χ1) is 8.17. The van der Waals surface area contributed by atoms with Crippen molar-refractivity contribution >= 4 is 23.3 Å². The third kappa shape index (κ3) is 4.73. The van der Waals surface area contributed by atoms with Crippen LogP contribution >= 0.6 is 11.8 Å². The number of aromatic nitrogens is 1. The van der Waals surface area contributed by atoms with Crippen LogP contribution in [0.5, 0.6) is 5.88 Å². The van der Waals surface area contributed by atoms with Gasteiger partial charge in [-0.05, 0) is 30.9 Å². The third-order valence-electron chi connectivity index (χ3n) is 2.39. The quantitative estimate of drug-likeness (QED) is 0.733. The lowest BCUT2D eigenvalue weighted by Crippen LogP contribution is -2.18. The molecule has 0 amide bonds. The molecule has 96 valence electrons. The molecule has 0 aliphatic carbocycles. The minimum absolute atomic E-state index is 0.357. The summed E-state index contributed by atoms with van der Waals surface area (Å²) in [6.45, 7) is 4.31. The van der Waals surface area contributed by atoms with Gasteiger partial charge in [0.25, 0.3) is 0 Å². The second-order valence-corrected chi connectivity index (χ2v) is 5.22. The topological polar surface area (TPSA) is 60.2 Å². The Kier molecular flexibility index (Phi) is 5.97. The summed E-state index contributed by atoms with van der Waals surface area (Å²) in [6.07, 6.45) is 1.09. The Balaban J connectivity index is 2.54. The van der Waals surface area contributed by atoms with Crippen molar-refractivity contribution < 1.29 is 4.74 Å². The van der Waals surface area contributed by atoms with Gasteiger partial charge in [0.05, 0.1) is 12.8 Å². The fourth-order valence-corrected chi connectivity index (χ4v) is 2.20. The van der Waals surface area contributed by atoms with Gasteiger partial charge in [-0.3, -0.25) is 0 Å². The Hall–Kier alpha value is -1.10. The van der Waals surface area contributed by atoms with Crippen LogP contribution in [0.15, 0.2) is 12.1 Å². The van der Waals surface area contributed by atoms with Crippen molar-refractivity contribution in [2.24, 2.45) is 0 Å². The number of hydrogen-bond acceptors (Lipinski definition) is 5. The van der Waals surface area contributed by atoms with Gasteiger partial charge in [-0.2, -0.15) is 16.7 Å². The van der Waals surface area contributed by atoms with Crippen molar-refractivity contribution in [2.45, 2.75) is 26.3 Å². The molecule has 1 aromatic rings. The molecule has 0 saturated heterocycles. The van der Waals surface area contributed by atoms with E-state index in [2.05, 4.69) is 24.1 Å². The van der Waals surface area contributed by atoms with Gasteiger partial charge in [0.1, 0.15) is 0 Å². The van der Waals surface area contributed by atoms with Crippen LogP contribution in [0.2, 0.25) is 0 Å². The van der Waals surface area contributed by atoms with E-state index in [1.54, 1.807) is 13.2 Å². The summed E-state index contributed by atoms with van der Waals surface area (Å²) in [7, 11) is 1.60. The summed E-state index contributed by atoms with van der Waals surface area (Å²) in [4.78, 5) is 4.29. The Morgan fingerprint density at radius 3 is 2.94 bits per heavy atom. The Labute approximate surface area is 107 Å². The molecule has 0 radical (unpaired) electrons.